The Labute approximate surface area is 157 Å². The monoisotopic (exact) mass is 365 g/mol. The minimum atomic E-state index is -0.696. The van der Waals surface area contributed by atoms with Crippen LogP contribution in [0.15, 0.2) is 101 Å². The van der Waals surface area contributed by atoms with Crippen LogP contribution >= 0.6 is 23.5 Å². The van der Waals surface area contributed by atoms with Crippen molar-refractivity contribution in [3.05, 3.63) is 91.0 Å². The number of rotatable bonds is 6. The summed E-state index contributed by atoms with van der Waals surface area (Å²) in [5, 5.41) is 3.04. The lowest BCUT2D eigenvalue weighted by molar-refractivity contribution is -0.116. The fourth-order valence-corrected chi connectivity index (χ4v) is 4.82. The topological polar surface area (TPSA) is 29.1 Å². The molecule has 2 nitrogen and oxygen atoms in total. The summed E-state index contributed by atoms with van der Waals surface area (Å²) in [5.41, 5.74) is 0.807. The van der Waals surface area contributed by atoms with Crippen molar-refractivity contribution in [2.75, 3.05) is 5.32 Å². The lowest BCUT2D eigenvalue weighted by Crippen LogP contribution is -2.33. The van der Waals surface area contributed by atoms with Gasteiger partial charge in [0.1, 0.15) is 4.08 Å². The third-order valence-corrected chi connectivity index (χ3v) is 6.22. The lowest BCUT2D eigenvalue weighted by atomic mass is 10.3. The number of carbonyl (C=O) groups excluding carboxylic acids is 1. The Morgan fingerprint density at radius 1 is 0.720 bits per heavy atom. The predicted molar refractivity (Wildman–Crippen MR) is 108 cm³/mol. The summed E-state index contributed by atoms with van der Waals surface area (Å²) in [6.45, 7) is 1.97. The molecule has 1 amide bonds. The maximum Gasteiger partial charge on any atom is 0.251 e. The van der Waals surface area contributed by atoms with Crippen molar-refractivity contribution in [3.8, 4) is 0 Å². The number of hydrogen-bond donors (Lipinski definition) is 1. The molecule has 0 saturated carbocycles. The van der Waals surface area contributed by atoms with Crippen molar-refractivity contribution in [3.63, 3.8) is 0 Å². The van der Waals surface area contributed by atoms with Gasteiger partial charge in [0.25, 0.3) is 5.91 Å². The van der Waals surface area contributed by atoms with Gasteiger partial charge in [0.05, 0.1) is 0 Å². The average Bonchev–Trinajstić information content (AvgIpc) is 2.64. The van der Waals surface area contributed by atoms with Crippen LogP contribution in [0.25, 0.3) is 0 Å². The van der Waals surface area contributed by atoms with Gasteiger partial charge in [-0.3, -0.25) is 4.79 Å². The summed E-state index contributed by atoms with van der Waals surface area (Å²) in [7, 11) is 0. The molecular formula is C21H19NOS2. The maximum absolute atomic E-state index is 13.1. The largest absolute Gasteiger partial charge is 0.324 e. The van der Waals surface area contributed by atoms with Crippen molar-refractivity contribution in [1.82, 2.24) is 0 Å². The van der Waals surface area contributed by atoms with E-state index in [2.05, 4.69) is 5.32 Å². The van der Waals surface area contributed by atoms with Gasteiger partial charge in [0.15, 0.2) is 0 Å². The zero-order chi connectivity index (χ0) is 17.5. The van der Waals surface area contributed by atoms with Crippen LogP contribution in [0.5, 0.6) is 0 Å². The normalized spacial score (nSPS) is 11.1. The van der Waals surface area contributed by atoms with Crippen LogP contribution in [-0.4, -0.2) is 9.99 Å². The van der Waals surface area contributed by atoms with Crippen molar-refractivity contribution in [2.24, 2.45) is 0 Å². The van der Waals surface area contributed by atoms with E-state index >= 15 is 0 Å². The highest BCUT2D eigenvalue weighted by atomic mass is 32.2. The van der Waals surface area contributed by atoms with Gasteiger partial charge in [-0.25, -0.2) is 0 Å². The molecule has 3 rings (SSSR count). The molecule has 25 heavy (non-hydrogen) atoms. The molecule has 3 aromatic carbocycles. The number of hydrogen-bond acceptors (Lipinski definition) is 3. The number of benzene rings is 3. The van der Waals surface area contributed by atoms with E-state index in [1.165, 1.54) is 0 Å². The first-order chi connectivity index (χ1) is 12.2. The van der Waals surface area contributed by atoms with Gasteiger partial charge < -0.3 is 5.32 Å². The molecule has 0 aliphatic carbocycles. The molecule has 126 valence electrons. The van der Waals surface area contributed by atoms with E-state index in [9.17, 15) is 4.79 Å². The van der Waals surface area contributed by atoms with Gasteiger partial charge in [-0.15, -0.1) is 0 Å². The van der Waals surface area contributed by atoms with Gasteiger partial charge in [-0.2, -0.15) is 0 Å². The smallest absolute Gasteiger partial charge is 0.251 e. The Morgan fingerprint density at radius 3 is 1.56 bits per heavy atom. The van der Waals surface area contributed by atoms with E-state index in [4.69, 9.17) is 0 Å². The van der Waals surface area contributed by atoms with Crippen molar-refractivity contribution in [2.45, 2.75) is 20.8 Å². The van der Waals surface area contributed by atoms with Crippen LogP contribution in [0.3, 0.4) is 0 Å². The highest BCUT2D eigenvalue weighted by Gasteiger charge is 2.36. The molecule has 0 bridgehead atoms. The van der Waals surface area contributed by atoms with Crippen LogP contribution in [0, 0.1) is 0 Å². The zero-order valence-electron chi connectivity index (χ0n) is 13.9. The minimum Gasteiger partial charge on any atom is -0.324 e. The van der Waals surface area contributed by atoms with Gasteiger partial charge >= 0.3 is 0 Å². The van der Waals surface area contributed by atoms with Crippen LogP contribution in [0.2, 0.25) is 0 Å². The fourth-order valence-electron chi connectivity index (χ4n) is 2.31. The minimum absolute atomic E-state index is 0.0265. The Morgan fingerprint density at radius 2 is 1.12 bits per heavy atom. The average molecular weight is 366 g/mol. The van der Waals surface area contributed by atoms with Gasteiger partial charge in [0.2, 0.25) is 0 Å². The number of carbonyl (C=O) groups is 1. The second-order valence-electron chi connectivity index (χ2n) is 5.60. The molecule has 0 fully saturated rings. The third-order valence-electron chi connectivity index (χ3n) is 3.56. The first-order valence-corrected chi connectivity index (χ1v) is 9.64. The number of nitrogens with one attached hydrogen (secondary N) is 1. The quantitative estimate of drug-likeness (QED) is 0.434. The molecule has 0 saturated heterocycles. The molecule has 0 spiro atoms. The zero-order valence-corrected chi connectivity index (χ0v) is 15.5. The third kappa shape index (κ3) is 4.91. The van der Waals surface area contributed by atoms with E-state index in [0.717, 1.165) is 15.5 Å². The number of anilines is 1. The van der Waals surface area contributed by atoms with Crippen molar-refractivity contribution < 1.29 is 4.79 Å². The molecule has 4 heteroatoms. The van der Waals surface area contributed by atoms with Crippen molar-refractivity contribution >= 4 is 35.1 Å². The molecule has 0 heterocycles. The highest BCUT2D eigenvalue weighted by molar-refractivity contribution is 8.19. The predicted octanol–water partition coefficient (Wildman–Crippen LogP) is 5.93. The van der Waals surface area contributed by atoms with Crippen LogP contribution in [0.4, 0.5) is 5.69 Å². The molecular weight excluding hydrogens is 346 g/mol. The van der Waals surface area contributed by atoms with Crippen molar-refractivity contribution in [1.29, 1.82) is 0 Å². The van der Waals surface area contributed by atoms with E-state index in [1.807, 2.05) is 97.9 Å². The van der Waals surface area contributed by atoms with Gasteiger partial charge in [0, 0.05) is 15.5 Å². The Balaban J connectivity index is 1.86. The summed E-state index contributed by atoms with van der Waals surface area (Å²) in [5.74, 6) is -0.0265. The van der Waals surface area contributed by atoms with Gasteiger partial charge in [-0.1, -0.05) is 78.1 Å². The molecule has 0 atom stereocenters. The summed E-state index contributed by atoms with van der Waals surface area (Å²) in [6.07, 6.45) is 0. The Bertz CT molecular complexity index is 766. The maximum atomic E-state index is 13.1. The lowest BCUT2D eigenvalue weighted by Gasteiger charge is -2.27. The number of amides is 1. The van der Waals surface area contributed by atoms with Crippen LogP contribution in [0.1, 0.15) is 6.92 Å². The summed E-state index contributed by atoms with van der Waals surface area (Å²) >= 11 is 3.13. The standard InChI is InChI=1S/C21H19NOS2/c1-21(24-18-13-7-3-8-14-18,25-19-15-9-4-10-16-19)20(23)22-17-11-5-2-6-12-17/h2-16H,1H3,(H,22,23). The first kappa shape index (κ1) is 17.6. The van der Waals surface area contributed by atoms with E-state index in [1.54, 1.807) is 23.5 Å². The molecule has 3 aromatic rings. The summed E-state index contributed by atoms with van der Waals surface area (Å²) in [4.78, 5) is 15.2. The molecule has 1 N–H and O–H groups in total. The molecule has 0 aliphatic heterocycles. The molecule has 0 aliphatic rings. The molecule has 0 unspecified atom stereocenters. The SMILES string of the molecule is CC(Sc1ccccc1)(Sc1ccccc1)C(=O)Nc1ccccc1. The summed E-state index contributed by atoms with van der Waals surface area (Å²) < 4.78 is -0.696. The Kier molecular flexibility index (Phi) is 5.84. The first-order valence-electron chi connectivity index (χ1n) is 8.00. The van der Waals surface area contributed by atoms with Crippen LogP contribution < -0.4 is 5.32 Å². The Hall–Kier alpha value is -2.17. The fraction of sp³-hybridized carbons (Fsp3) is 0.0952. The highest BCUT2D eigenvalue weighted by Crippen LogP contribution is 2.46. The van der Waals surface area contributed by atoms with E-state index in [0.29, 0.717) is 0 Å². The second kappa shape index (κ2) is 8.28. The second-order valence-corrected chi connectivity index (χ2v) is 8.84. The van der Waals surface area contributed by atoms with Crippen LogP contribution in [-0.2, 0) is 4.79 Å². The summed E-state index contributed by atoms with van der Waals surface area (Å²) in [6, 6.07) is 29.6. The van der Waals surface area contributed by atoms with E-state index in [-0.39, 0.29) is 5.91 Å². The molecule has 0 radical (unpaired) electrons. The van der Waals surface area contributed by atoms with E-state index < -0.39 is 4.08 Å². The number of thioether (sulfide) groups is 2. The number of para-hydroxylation sites is 1. The van der Waals surface area contributed by atoms with Gasteiger partial charge in [-0.05, 0) is 43.3 Å². The molecule has 0 aromatic heterocycles.